The first-order valence-corrected chi connectivity index (χ1v) is 7.32. The minimum atomic E-state index is -4.62. The van der Waals surface area contributed by atoms with Crippen molar-refractivity contribution in [3.8, 4) is 0 Å². The lowest BCUT2D eigenvalue weighted by Gasteiger charge is -2.37. The van der Waals surface area contributed by atoms with Gasteiger partial charge in [-0.25, -0.2) is 4.79 Å². The normalized spacial score (nSPS) is 20.0. The highest BCUT2D eigenvalue weighted by Gasteiger charge is 2.48. The Balaban J connectivity index is 1.77. The van der Waals surface area contributed by atoms with E-state index in [0.29, 0.717) is 0 Å². The molecule has 0 bridgehead atoms. The Morgan fingerprint density at radius 1 is 1.12 bits per heavy atom. The van der Waals surface area contributed by atoms with Gasteiger partial charge in [0.1, 0.15) is 5.54 Å². The van der Waals surface area contributed by atoms with Gasteiger partial charge in [0, 0.05) is 13.1 Å². The summed E-state index contributed by atoms with van der Waals surface area (Å²) < 4.78 is 39.1. The van der Waals surface area contributed by atoms with E-state index < -0.39 is 40.7 Å². The number of rotatable bonds is 1. The van der Waals surface area contributed by atoms with Crippen LogP contribution < -0.4 is 10.6 Å². The third-order valence-corrected chi connectivity index (χ3v) is 4.38. The van der Waals surface area contributed by atoms with E-state index in [-0.39, 0.29) is 25.9 Å². The largest absolute Gasteiger partial charge is 0.417 e. The zero-order valence-electron chi connectivity index (χ0n) is 12.4. The average molecular weight is 341 g/mol. The predicted octanol–water partition coefficient (Wildman–Crippen LogP) is 1.52. The number of benzene rings is 1. The van der Waals surface area contributed by atoms with Crippen molar-refractivity contribution in [2.24, 2.45) is 0 Å². The van der Waals surface area contributed by atoms with Gasteiger partial charge in [-0.05, 0) is 25.0 Å². The molecular weight excluding hydrogens is 327 g/mol. The van der Waals surface area contributed by atoms with Gasteiger partial charge in [0.25, 0.3) is 11.8 Å². The van der Waals surface area contributed by atoms with Crippen LogP contribution in [0.2, 0.25) is 0 Å². The van der Waals surface area contributed by atoms with Crippen LogP contribution >= 0.6 is 0 Å². The van der Waals surface area contributed by atoms with Gasteiger partial charge in [-0.15, -0.1) is 0 Å². The summed E-state index contributed by atoms with van der Waals surface area (Å²) in [6.07, 6.45) is -4.31. The molecule has 2 heterocycles. The van der Waals surface area contributed by atoms with Crippen LogP contribution in [0.3, 0.4) is 0 Å². The fourth-order valence-electron chi connectivity index (χ4n) is 3.06. The fraction of sp³-hybridized carbons (Fsp3) is 0.400. The molecule has 9 heteroatoms. The Bertz CT molecular complexity index is 709. The van der Waals surface area contributed by atoms with Gasteiger partial charge in [-0.3, -0.25) is 14.9 Å². The third kappa shape index (κ3) is 2.70. The first-order chi connectivity index (χ1) is 11.2. The zero-order chi connectivity index (χ0) is 17.5. The van der Waals surface area contributed by atoms with Crippen LogP contribution in [0, 0.1) is 0 Å². The molecule has 0 atom stereocenters. The van der Waals surface area contributed by atoms with Crippen molar-refractivity contribution >= 4 is 17.8 Å². The number of carbonyl (C=O) groups excluding carboxylic acids is 3. The summed E-state index contributed by atoms with van der Waals surface area (Å²) >= 11 is 0. The highest BCUT2D eigenvalue weighted by Crippen LogP contribution is 2.33. The predicted molar refractivity (Wildman–Crippen MR) is 76.0 cm³/mol. The van der Waals surface area contributed by atoms with E-state index in [1.54, 1.807) is 0 Å². The molecule has 6 nitrogen and oxygen atoms in total. The fourth-order valence-corrected chi connectivity index (χ4v) is 3.06. The number of nitrogens with zero attached hydrogens (tertiary/aromatic N) is 1. The quantitative estimate of drug-likeness (QED) is 0.760. The second-order valence-corrected chi connectivity index (χ2v) is 5.83. The van der Waals surface area contributed by atoms with Crippen LogP contribution in [0.15, 0.2) is 24.3 Å². The van der Waals surface area contributed by atoms with Crippen molar-refractivity contribution in [3.63, 3.8) is 0 Å². The number of piperidine rings is 1. The minimum Gasteiger partial charge on any atom is -0.338 e. The molecule has 3 rings (SSSR count). The first kappa shape index (κ1) is 16.3. The molecule has 2 fully saturated rings. The van der Waals surface area contributed by atoms with Crippen LogP contribution in [0.25, 0.3) is 0 Å². The topological polar surface area (TPSA) is 78.5 Å². The first-order valence-electron chi connectivity index (χ1n) is 7.32. The lowest BCUT2D eigenvalue weighted by Crippen LogP contribution is -2.55. The highest BCUT2D eigenvalue weighted by molar-refractivity contribution is 6.07. The number of amides is 4. The van der Waals surface area contributed by atoms with E-state index in [4.69, 9.17) is 0 Å². The number of likely N-dealkylation sites (tertiary alicyclic amines) is 1. The zero-order valence-corrected chi connectivity index (χ0v) is 12.4. The number of hydrogen-bond donors (Lipinski definition) is 2. The van der Waals surface area contributed by atoms with E-state index in [1.165, 1.54) is 17.0 Å². The Kier molecular flexibility index (Phi) is 3.73. The maximum absolute atomic E-state index is 13.0. The molecule has 2 aliphatic heterocycles. The lowest BCUT2D eigenvalue weighted by molar-refractivity contribution is -0.138. The maximum atomic E-state index is 13.0. The molecule has 1 aromatic carbocycles. The average Bonchev–Trinajstić information content (AvgIpc) is 2.80. The number of imide groups is 1. The number of carbonyl (C=O) groups is 3. The van der Waals surface area contributed by atoms with Gasteiger partial charge in [0.05, 0.1) is 11.1 Å². The SMILES string of the molecule is O=C1NC(=O)C2(CCN(C(=O)c3ccccc3C(F)(F)F)CC2)N1. The Labute approximate surface area is 135 Å². The standard InChI is InChI=1S/C15H14F3N3O3/c16-15(17,18)10-4-2-1-3-9(10)11(22)21-7-5-14(6-8-21)12(23)19-13(24)20-14/h1-4H,5-8H2,(H2,19,20,23,24). The van der Waals surface area contributed by atoms with Crippen LogP contribution in [0.1, 0.15) is 28.8 Å². The Morgan fingerprint density at radius 3 is 2.29 bits per heavy atom. The molecule has 0 aromatic heterocycles. The summed E-state index contributed by atoms with van der Waals surface area (Å²) in [7, 11) is 0. The van der Waals surface area contributed by atoms with Crippen LogP contribution in [0.4, 0.5) is 18.0 Å². The number of halogens is 3. The van der Waals surface area contributed by atoms with Crippen molar-refractivity contribution in [3.05, 3.63) is 35.4 Å². The molecule has 4 amide bonds. The molecule has 0 radical (unpaired) electrons. The van der Waals surface area contributed by atoms with Crippen LogP contribution in [-0.2, 0) is 11.0 Å². The summed E-state index contributed by atoms with van der Waals surface area (Å²) in [6.45, 7) is 0.164. The lowest BCUT2D eigenvalue weighted by atomic mass is 9.87. The molecule has 2 aliphatic rings. The van der Waals surface area contributed by atoms with Gasteiger partial charge < -0.3 is 10.2 Å². The maximum Gasteiger partial charge on any atom is 0.417 e. The molecule has 128 valence electrons. The summed E-state index contributed by atoms with van der Waals surface area (Å²) in [4.78, 5) is 36.8. The monoisotopic (exact) mass is 341 g/mol. The molecule has 2 N–H and O–H groups in total. The minimum absolute atomic E-state index is 0.0821. The van der Waals surface area contributed by atoms with E-state index in [1.807, 2.05) is 0 Å². The summed E-state index contributed by atoms with van der Waals surface area (Å²) in [5, 5.41) is 4.68. The molecule has 2 saturated heterocycles. The van der Waals surface area contributed by atoms with Gasteiger partial charge in [-0.2, -0.15) is 13.2 Å². The molecule has 1 spiro atoms. The summed E-state index contributed by atoms with van der Waals surface area (Å²) in [5.74, 6) is -1.20. The van der Waals surface area contributed by atoms with Crippen molar-refractivity contribution in [1.82, 2.24) is 15.5 Å². The van der Waals surface area contributed by atoms with Crippen LogP contribution in [0.5, 0.6) is 0 Å². The molecule has 0 unspecified atom stereocenters. The molecule has 1 aromatic rings. The van der Waals surface area contributed by atoms with E-state index in [0.717, 1.165) is 12.1 Å². The van der Waals surface area contributed by atoms with Gasteiger partial charge in [0.2, 0.25) is 0 Å². The van der Waals surface area contributed by atoms with Crippen molar-refractivity contribution < 1.29 is 27.6 Å². The van der Waals surface area contributed by atoms with E-state index >= 15 is 0 Å². The number of hydrogen-bond acceptors (Lipinski definition) is 3. The molecule has 24 heavy (non-hydrogen) atoms. The smallest absolute Gasteiger partial charge is 0.338 e. The second-order valence-electron chi connectivity index (χ2n) is 5.83. The van der Waals surface area contributed by atoms with Gasteiger partial charge in [-0.1, -0.05) is 12.1 Å². The van der Waals surface area contributed by atoms with Gasteiger partial charge in [0.15, 0.2) is 0 Å². The second kappa shape index (κ2) is 5.50. The van der Waals surface area contributed by atoms with Crippen LogP contribution in [-0.4, -0.2) is 41.4 Å². The van der Waals surface area contributed by atoms with Crippen molar-refractivity contribution in [2.75, 3.05) is 13.1 Å². The molecular formula is C15H14F3N3O3. The number of alkyl halides is 3. The molecule has 0 aliphatic carbocycles. The number of nitrogens with one attached hydrogen (secondary N) is 2. The van der Waals surface area contributed by atoms with Gasteiger partial charge >= 0.3 is 12.2 Å². The third-order valence-electron chi connectivity index (χ3n) is 4.38. The van der Waals surface area contributed by atoms with Crippen molar-refractivity contribution in [1.29, 1.82) is 0 Å². The molecule has 0 saturated carbocycles. The Morgan fingerprint density at radius 2 is 1.75 bits per heavy atom. The Hall–Kier alpha value is -2.58. The van der Waals surface area contributed by atoms with Crippen molar-refractivity contribution in [2.45, 2.75) is 24.6 Å². The van der Waals surface area contributed by atoms with E-state index in [9.17, 15) is 27.6 Å². The number of urea groups is 1. The van der Waals surface area contributed by atoms with E-state index in [2.05, 4.69) is 10.6 Å². The summed E-state index contributed by atoms with van der Waals surface area (Å²) in [5.41, 5.74) is -2.47. The summed E-state index contributed by atoms with van der Waals surface area (Å²) in [6, 6.07) is 4.01. The highest BCUT2D eigenvalue weighted by atomic mass is 19.4.